The standard InChI is InChI=1S/C13H16O3S/c1-13(2,3)9-5-6-11-10(7-9)12(8-16-11)17(4,14)15/h5-8H,1-4H3. The highest BCUT2D eigenvalue weighted by molar-refractivity contribution is 7.91. The van der Waals surface area contributed by atoms with Gasteiger partial charge in [-0.05, 0) is 23.1 Å². The molecule has 0 unspecified atom stereocenters. The summed E-state index contributed by atoms with van der Waals surface area (Å²) in [6, 6.07) is 5.69. The molecule has 1 aromatic heterocycles. The van der Waals surface area contributed by atoms with Crippen molar-refractivity contribution in [3.05, 3.63) is 30.0 Å². The fraction of sp³-hybridized carbons (Fsp3) is 0.385. The minimum absolute atomic E-state index is 0.0137. The minimum Gasteiger partial charge on any atom is -0.463 e. The predicted molar refractivity (Wildman–Crippen MR) is 68.0 cm³/mol. The van der Waals surface area contributed by atoms with Crippen LogP contribution >= 0.6 is 0 Å². The molecule has 0 saturated carbocycles. The second kappa shape index (κ2) is 3.60. The molecule has 1 aromatic carbocycles. The highest BCUT2D eigenvalue weighted by Gasteiger charge is 2.19. The molecule has 0 saturated heterocycles. The van der Waals surface area contributed by atoms with Crippen LogP contribution in [0.25, 0.3) is 11.0 Å². The van der Waals surface area contributed by atoms with Crippen LogP contribution < -0.4 is 0 Å². The monoisotopic (exact) mass is 252 g/mol. The van der Waals surface area contributed by atoms with Crippen molar-refractivity contribution in [3.8, 4) is 0 Å². The maximum atomic E-state index is 11.6. The summed E-state index contributed by atoms with van der Waals surface area (Å²) in [5, 5.41) is 0.667. The molecule has 0 aliphatic rings. The Morgan fingerprint density at radius 2 is 1.82 bits per heavy atom. The van der Waals surface area contributed by atoms with E-state index in [0.29, 0.717) is 11.0 Å². The summed E-state index contributed by atoms with van der Waals surface area (Å²) in [5.74, 6) is 0. The molecule has 4 heteroatoms. The quantitative estimate of drug-likeness (QED) is 0.783. The zero-order valence-electron chi connectivity index (χ0n) is 10.4. The first-order valence-corrected chi connectivity index (χ1v) is 7.30. The van der Waals surface area contributed by atoms with E-state index in [1.807, 2.05) is 18.2 Å². The van der Waals surface area contributed by atoms with Crippen LogP contribution in [-0.4, -0.2) is 14.7 Å². The third-order valence-corrected chi connectivity index (χ3v) is 3.92. The zero-order valence-corrected chi connectivity index (χ0v) is 11.3. The summed E-state index contributed by atoms with van der Waals surface area (Å²) in [6.45, 7) is 6.27. The van der Waals surface area contributed by atoms with E-state index < -0.39 is 9.84 Å². The molecular formula is C13H16O3S. The molecule has 3 nitrogen and oxygen atoms in total. The number of rotatable bonds is 1. The highest BCUT2D eigenvalue weighted by Crippen LogP contribution is 2.30. The van der Waals surface area contributed by atoms with Crippen molar-refractivity contribution < 1.29 is 12.8 Å². The maximum Gasteiger partial charge on any atom is 0.179 e. The topological polar surface area (TPSA) is 47.3 Å². The van der Waals surface area contributed by atoms with E-state index >= 15 is 0 Å². The number of benzene rings is 1. The van der Waals surface area contributed by atoms with E-state index in [-0.39, 0.29) is 10.3 Å². The van der Waals surface area contributed by atoms with Crippen molar-refractivity contribution in [2.24, 2.45) is 0 Å². The van der Waals surface area contributed by atoms with Gasteiger partial charge in [-0.1, -0.05) is 26.8 Å². The number of fused-ring (bicyclic) bond motifs is 1. The molecule has 0 radical (unpaired) electrons. The van der Waals surface area contributed by atoms with E-state index in [1.165, 1.54) is 12.5 Å². The lowest BCUT2D eigenvalue weighted by Gasteiger charge is -2.18. The van der Waals surface area contributed by atoms with Gasteiger partial charge in [0, 0.05) is 11.6 Å². The van der Waals surface area contributed by atoms with Crippen molar-refractivity contribution >= 4 is 20.8 Å². The van der Waals surface area contributed by atoms with Gasteiger partial charge in [-0.3, -0.25) is 0 Å². The first kappa shape index (κ1) is 12.2. The second-order valence-corrected chi connectivity index (χ2v) is 7.32. The van der Waals surface area contributed by atoms with Crippen molar-refractivity contribution in [3.63, 3.8) is 0 Å². The second-order valence-electron chi connectivity index (χ2n) is 5.33. The minimum atomic E-state index is -3.24. The molecule has 2 rings (SSSR count). The number of sulfone groups is 1. The molecule has 0 aliphatic heterocycles. The van der Waals surface area contributed by atoms with Gasteiger partial charge in [0.2, 0.25) is 0 Å². The Kier molecular flexibility index (Phi) is 2.58. The molecule has 92 valence electrons. The molecule has 0 aliphatic carbocycles. The van der Waals surface area contributed by atoms with Crippen molar-refractivity contribution in [1.29, 1.82) is 0 Å². The zero-order chi connectivity index (χ0) is 12.8. The lowest BCUT2D eigenvalue weighted by atomic mass is 9.86. The molecule has 0 spiro atoms. The van der Waals surface area contributed by atoms with Gasteiger partial charge >= 0.3 is 0 Å². The summed E-state index contributed by atoms with van der Waals surface area (Å²) in [4.78, 5) is 0.263. The fourth-order valence-electron chi connectivity index (χ4n) is 1.76. The van der Waals surface area contributed by atoms with Crippen molar-refractivity contribution in [2.45, 2.75) is 31.1 Å². The van der Waals surface area contributed by atoms with E-state index in [9.17, 15) is 8.42 Å². The average Bonchev–Trinajstić information content (AvgIpc) is 2.57. The van der Waals surface area contributed by atoms with Gasteiger partial charge in [-0.15, -0.1) is 0 Å². The van der Waals surface area contributed by atoms with Gasteiger partial charge < -0.3 is 4.42 Å². The van der Waals surface area contributed by atoms with Gasteiger partial charge in [0.1, 0.15) is 16.7 Å². The van der Waals surface area contributed by atoms with Gasteiger partial charge in [0.25, 0.3) is 0 Å². The fourth-order valence-corrected chi connectivity index (χ4v) is 2.54. The van der Waals surface area contributed by atoms with Gasteiger partial charge in [0.15, 0.2) is 9.84 Å². The molecular weight excluding hydrogens is 236 g/mol. The van der Waals surface area contributed by atoms with Crippen LogP contribution in [0.2, 0.25) is 0 Å². The molecule has 17 heavy (non-hydrogen) atoms. The predicted octanol–water partition coefficient (Wildman–Crippen LogP) is 3.13. The summed E-state index contributed by atoms with van der Waals surface area (Å²) < 4.78 is 28.5. The largest absolute Gasteiger partial charge is 0.463 e. The van der Waals surface area contributed by atoms with E-state index in [1.54, 1.807) is 0 Å². The molecule has 2 aromatic rings. The highest BCUT2D eigenvalue weighted by atomic mass is 32.2. The lowest BCUT2D eigenvalue weighted by Crippen LogP contribution is -2.10. The van der Waals surface area contributed by atoms with E-state index in [2.05, 4.69) is 20.8 Å². The Morgan fingerprint density at radius 3 is 2.35 bits per heavy atom. The first-order valence-electron chi connectivity index (χ1n) is 5.41. The smallest absolute Gasteiger partial charge is 0.179 e. The first-order chi connectivity index (χ1) is 7.69. The normalized spacial score (nSPS) is 13.2. The number of hydrogen-bond donors (Lipinski definition) is 0. The molecule has 0 atom stereocenters. The van der Waals surface area contributed by atoms with Gasteiger partial charge in [0.05, 0.1) is 0 Å². The molecule has 0 bridgehead atoms. The summed E-state index contributed by atoms with van der Waals surface area (Å²) in [6.07, 6.45) is 2.51. The summed E-state index contributed by atoms with van der Waals surface area (Å²) >= 11 is 0. The number of furan rings is 1. The molecule has 0 amide bonds. The average molecular weight is 252 g/mol. The molecule has 0 fully saturated rings. The van der Waals surface area contributed by atoms with E-state index in [0.717, 1.165) is 5.56 Å². The Morgan fingerprint density at radius 1 is 1.18 bits per heavy atom. The van der Waals surface area contributed by atoms with Crippen LogP contribution in [0.15, 0.2) is 33.8 Å². The van der Waals surface area contributed by atoms with E-state index in [4.69, 9.17) is 4.42 Å². The Bertz CT molecular complexity index is 658. The third kappa shape index (κ3) is 2.22. The molecule has 1 heterocycles. The summed E-state index contributed by atoms with van der Waals surface area (Å²) in [7, 11) is -3.24. The Labute approximate surface area is 101 Å². The SMILES string of the molecule is CC(C)(C)c1ccc2occ(S(C)(=O)=O)c2c1. The van der Waals surface area contributed by atoms with Crippen LogP contribution in [-0.2, 0) is 15.3 Å². The Hall–Kier alpha value is -1.29. The van der Waals surface area contributed by atoms with Crippen molar-refractivity contribution in [2.75, 3.05) is 6.26 Å². The summed E-state index contributed by atoms with van der Waals surface area (Å²) in [5.41, 5.74) is 1.69. The van der Waals surface area contributed by atoms with Crippen LogP contribution in [0.1, 0.15) is 26.3 Å². The Balaban J connectivity index is 2.76. The third-order valence-electron chi connectivity index (χ3n) is 2.80. The van der Waals surface area contributed by atoms with Crippen LogP contribution in [0.5, 0.6) is 0 Å². The number of hydrogen-bond acceptors (Lipinski definition) is 3. The molecule has 0 N–H and O–H groups in total. The van der Waals surface area contributed by atoms with Crippen LogP contribution in [0.4, 0.5) is 0 Å². The maximum absolute atomic E-state index is 11.6. The van der Waals surface area contributed by atoms with Crippen LogP contribution in [0, 0.1) is 0 Å². The lowest BCUT2D eigenvalue weighted by molar-refractivity contribution is 0.586. The van der Waals surface area contributed by atoms with Gasteiger partial charge in [-0.2, -0.15) is 0 Å². The van der Waals surface area contributed by atoms with Gasteiger partial charge in [-0.25, -0.2) is 8.42 Å². The van der Waals surface area contributed by atoms with Crippen LogP contribution in [0.3, 0.4) is 0 Å². The van der Waals surface area contributed by atoms with Crippen molar-refractivity contribution in [1.82, 2.24) is 0 Å².